The number of carbonyl (C=O) groups excluding carboxylic acids is 2. The van der Waals surface area contributed by atoms with Gasteiger partial charge < -0.3 is 18.9 Å². The van der Waals surface area contributed by atoms with Crippen molar-refractivity contribution in [2.45, 2.75) is 27.7 Å². The highest BCUT2D eigenvalue weighted by Crippen LogP contribution is 2.32. The number of ether oxygens (including phenoxy) is 4. The molecule has 1 rings (SSSR count). The lowest BCUT2D eigenvalue weighted by Crippen LogP contribution is -2.13. The zero-order valence-corrected chi connectivity index (χ0v) is 13.4. The highest BCUT2D eigenvalue weighted by molar-refractivity contribution is 5.99. The summed E-state index contributed by atoms with van der Waals surface area (Å²) in [4.78, 5) is 24.1. The van der Waals surface area contributed by atoms with Gasteiger partial charge >= 0.3 is 11.9 Å². The second-order valence-corrected chi connectivity index (χ2v) is 4.15. The van der Waals surface area contributed by atoms with Crippen LogP contribution in [-0.4, -0.2) is 38.4 Å². The van der Waals surface area contributed by atoms with Crippen LogP contribution in [0.15, 0.2) is 12.1 Å². The van der Waals surface area contributed by atoms with Gasteiger partial charge in [0.25, 0.3) is 0 Å². The molecule has 0 aliphatic rings. The summed E-state index contributed by atoms with van der Waals surface area (Å²) in [6.45, 7) is 8.17. The van der Waals surface area contributed by atoms with Gasteiger partial charge in [0.2, 0.25) is 0 Å². The van der Waals surface area contributed by atoms with Crippen molar-refractivity contribution in [2.24, 2.45) is 0 Å². The van der Waals surface area contributed by atoms with E-state index in [1.807, 2.05) is 0 Å². The van der Waals surface area contributed by atoms with Gasteiger partial charge in [0.05, 0.1) is 32.0 Å². The molecule has 0 saturated carbocycles. The molecule has 6 nitrogen and oxygen atoms in total. The number of rotatable bonds is 8. The molecule has 0 bridgehead atoms. The minimum absolute atomic E-state index is 0.179. The zero-order chi connectivity index (χ0) is 16.5. The van der Waals surface area contributed by atoms with Crippen molar-refractivity contribution < 1.29 is 28.5 Å². The summed E-state index contributed by atoms with van der Waals surface area (Å²) in [5, 5.41) is 0. The van der Waals surface area contributed by atoms with E-state index in [-0.39, 0.29) is 35.8 Å². The second kappa shape index (κ2) is 8.92. The lowest BCUT2D eigenvalue weighted by atomic mass is 10.1. The van der Waals surface area contributed by atoms with E-state index in [0.29, 0.717) is 13.2 Å². The Morgan fingerprint density at radius 2 is 1.23 bits per heavy atom. The molecular weight excluding hydrogens is 288 g/mol. The molecule has 0 heterocycles. The van der Waals surface area contributed by atoms with Crippen LogP contribution >= 0.6 is 0 Å². The summed E-state index contributed by atoms with van der Waals surface area (Å²) in [6.07, 6.45) is 0. The minimum Gasteiger partial charge on any atom is -0.493 e. The fourth-order valence-corrected chi connectivity index (χ4v) is 1.87. The van der Waals surface area contributed by atoms with Crippen molar-refractivity contribution in [3.05, 3.63) is 23.3 Å². The quantitative estimate of drug-likeness (QED) is 0.688. The second-order valence-electron chi connectivity index (χ2n) is 4.15. The topological polar surface area (TPSA) is 71.1 Å². The Morgan fingerprint density at radius 1 is 0.773 bits per heavy atom. The van der Waals surface area contributed by atoms with E-state index in [4.69, 9.17) is 18.9 Å². The van der Waals surface area contributed by atoms with E-state index >= 15 is 0 Å². The Kier molecular flexibility index (Phi) is 7.22. The molecule has 0 unspecified atom stereocenters. The van der Waals surface area contributed by atoms with Gasteiger partial charge in [0.1, 0.15) is 17.1 Å². The summed E-state index contributed by atoms with van der Waals surface area (Å²) in [7, 11) is 0. The molecule has 0 radical (unpaired) electrons. The van der Waals surface area contributed by atoms with Gasteiger partial charge in [0, 0.05) is 0 Å². The molecule has 0 aromatic heterocycles. The minimum atomic E-state index is -0.551. The molecule has 0 amide bonds. The maximum absolute atomic E-state index is 12.1. The molecule has 0 fully saturated rings. The molecule has 1 aromatic carbocycles. The third kappa shape index (κ3) is 4.38. The molecule has 0 aliphatic heterocycles. The molecule has 0 atom stereocenters. The highest BCUT2D eigenvalue weighted by Gasteiger charge is 2.24. The van der Waals surface area contributed by atoms with Gasteiger partial charge in [-0.25, -0.2) is 9.59 Å². The predicted molar refractivity (Wildman–Crippen MR) is 80.7 cm³/mol. The first-order valence-corrected chi connectivity index (χ1v) is 7.36. The number of hydrogen-bond acceptors (Lipinski definition) is 6. The number of hydrogen-bond donors (Lipinski definition) is 0. The number of benzene rings is 1. The van der Waals surface area contributed by atoms with Gasteiger partial charge in [-0.2, -0.15) is 0 Å². The van der Waals surface area contributed by atoms with Crippen LogP contribution in [-0.2, 0) is 9.47 Å². The van der Waals surface area contributed by atoms with E-state index in [0.717, 1.165) is 0 Å². The van der Waals surface area contributed by atoms with Crippen molar-refractivity contribution in [1.82, 2.24) is 0 Å². The summed E-state index contributed by atoms with van der Waals surface area (Å²) in [5.41, 5.74) is 0.445. The summed E-state index contributed by atoms with van der Waals surface area (Å²) < 4.78 is 21.0. The van der Waals surface area contributed by atoms with E-state index in [2.05, 4.69) is 0 Å². The first-order chi connectivity index (χ1) is 10.6. The Hall–Kier alpha value is -2.24. The lowest BCUT2D eigenvalue weighted by molar-refractivity contribution is 0.0503. The molecule has 0 aliphatic carbocycles. The van der Waals surface area contributed by atoms with Gasteiger partial charge in [-0.1, -0.05) is 0 Å². The maximum atomic E-state index is 12.1. The third-order valence-corrected chi connectivity index (χ3v) is 2.66. The fraction of sp³-hybridized carbons (Fsp3) is 0.500. The van der Waals surface area contributed by atoms with Gasteiger partial charge in [-0.05, 0) is 39.8 Å². The predicted octanol–water partition coefficient (Wildman–Crippen LogP) is 2.84. The monoisotopic (exact) mass is 310 g/mol. The van der Waals surface area contributed by atoms with E-state index in [1.165, 1.54) is 12.1 Å². The van der Waals surface area contributed by atoms with Crippen LogP contribution in [0.25, 0.3) is 0 Å². The van der Waals surface area contributed by atoms with Crippen LogP contribution in [0, 0.1) is 0 Å². The molecule has 122 valence electrons. The lowest BCUT2D eigenvalue weighted by Gasteiger charge is -2.16. The van der Waals surface area contributed by atoms with E-state index < -0.39 is 11.9 Å². The van der Waals surface area contributed by atoms with E-state index in [1.54, 1.807) is 27.7 Å². The Labute approximate surface area is 130 Å². The zero-order valence-electron chi connectivity index (χ0n) is 13.4. The smallest absolute Gasteiger partial charge is 0.345 e. The van der Waals surface area contributed by atoms with Gasteiger partial charge in [0.15, 0.2) is 0 Å². The van der Waals surface area contributed by atoms with Crippen molar-refractivity contribution >= 4 is 11.9 Å². The highest BCUT2D eigenvalue weighted by atomic mass is 16.5. The Morgan fingerprint density at radius 3 is 1.64 bits per heavy atom. The Bertz CT molecular complexity index is 496. The van der Waals surface area contributed by atoms with Gasteiger partial charge in [-0.3, -0.25) is 0 Å². The first kappa shape index (κ1) is 17.8. The SMILES string of the molecule is CCOC(=O)c1cc(OCC)c(C(=O)OCC)c(OCC)c1. The van der Waals surface area contributed by atoms with Crippen molar-refractivity contribution in [3.8, 4) is 11.5 Å². The van der Waals surface area contributed by atoms with Crippen LogP contribution in [0.5, 0.6) is 11.5 Å². The van der Waals surface area contributed by atoms with E-state index in [9.17, 15) is 9.59 Å². The maximum Gasteiger partial charge on any atom is 0.345 e. The van der Waals surface area contributed by atoms with Crippen molar-refractivity contribution in [3.63, 3.8) is 0 Å². The molecule has 0 saturated heterocycles. The van der Waals surface area contributed by atoms with Crippen LogP contribution < -0.4 is 9.47 Å². The van der Waals surface area contributed by atoms with Crippen molar-refractivity contribution in [1.29, 1.82) is 0 Å². The first-order valence-electron chi connectivity index (χ1n) is 7.36. The average Bonchev–Trinajstić information content (AvgIpc) is 2.48. The molecule has 6 heteroatoms. The number of esters is 2. The molecule has 0 spiro atoms. The summed E-state index contributed by atoms with van der Waals surface area (Å²) in [5.74, 6) is -0.561. The summed E-state index contributed by atoms with van der Waals surface area (Å²) in [6, 6.07) is 2.94. The fourth-order valence-electron chi connectivity index (χ4n) is 1.87. The molecule has 22 heavy (non-hydrogen) atoms. The normalized spacial score (nSPS) is 10.0. The van der Waals surface area contributed by atoms with Crippen LogP contribution in [0.2, 0.25) is 0 Å². The Balaban J connectivity index is 3.38. The summed E-state index contributed by atoms with van der Waals surface area (Å²) >= 11 is 0. The van der Waals surface area contributed by atoms with Crippen LogP contribution in [0.4, 0.5) is 0 Å². The standard InChI is InChI=1S/C16H22O6/c1-5-19-12-9-11(15(17)21-7-3)10-13(20-6-2)14(12)16(18)22-8-4/h9-10H,5-8H2,1-4H3. The van der Waals surface area contributed by atoms with Gasteiger partial charge in [-0.15, -0.1) is 0 Å². The average molecular weight is 310 g/mol. The largest absolute Gasteiger partial charge is 0.493 e. The van der Waals surface area contributed by atoms with Crippen molar-refractivity contribution in [2.75, 3.05) is 26.4 Å². The number of carbonyl (C=O) groups is 2. The van der Waals surface area contributed by atoms with Crippen LogP contribution in [0.1, 0.15) is 48.4 Å². The molecule has 0 N–H and O–H groups in total. The van der Waals surface area contributed by atoms with Crippen LogP contribution in [0.3, 0.4) is 0 Å². The molecule has 1 aromatic rings. The molecular formula is C16H22O6. The third-order valence-electron chi connectivity index (χ3n) is 2.66.